The first-order chi connectivity index (χ1) is 6.15. The number of aromatic nitrogens is 2. The molecule has 1 N–H and O–H groups in total. The van der Waals surface area contributed by atoms with Crippen LogP contribution in [0.1, 0.15) is 17.3 Å². The Bertz CT molecular complexity index is 328. The van der Waals surface area contributed by atoms with E-state index in [2.05, 4.69) is 17.0 Å². The third-order valence-electron chi connectivity index (χ3n) is 1.62. The van der Waals surface area contributed by atoms with Crippen LogP contribution in [0.2, 0.25) is 0 Å². The standard InChI is InChI=1S/C9H13N3O/c1-4-5-10-9-8(7(2)13)6-12(3)11-9/h4,6H,1,5H2,2-3H3,(H,10,11). The molecule has 13 heavy (non-hydrogen) atoms. The normalized spacial score (nSPS) is 9.69. The molecule has 0 saturated carbocycles. The van der Waals surface area contributed by atoms with Gasteiger partial charge in [-0.1, -0.05) is 6.08 Å². The number of carbonyl (C=O) groups is 1. The van der Waals surface area contributed by atoms with E-state index in [1.165, 1.54) is 6.92 Å². The largest absolute Gasteiger partial charge is 0.365 e. The maximum absolute atomic E-state index is 11.1. The fraction of sp³-hybridized carbons (Fsp3) is 0.333. The fourth-order valence-electron chi connectivity index (χ4n) is 1.05. The summed E-state index contributed by atoms with van der Waals surface area (Å²) in [5.41, 5.74) is 0.615. The Morgan fingerprint density at radius 2 is 2.54 bits per heavy atom. The third-order valence-corrected chi connectivity index (χ3v) is 1.62. The average Bonchev–Trinajstić information content (AvgIpc) is 2.43. The van der Waals surface area contributed by atoms with Crippen LogP contribution < -0.4 is 5.32 Å². The molecule has 0 amide bonds. The van der Waals surface area contributed by atoms with Crippen LogP contribution in [0.15, 0.2) is 18.9 Å². The molecule has 0 aromatic carbocycles. The lowest BCUT2D eigenvalue weighted by atomic mass is 10.2. The topological polar surface area (TPSA) is 46.9 Å². The molecule has 0 aliphatic heterocycles. The van der Waals surface area contributed by atoms with Gasteiger partial charge >= 0.3 is 0 Å². The van der Waals surface area contributed by atoms with Crippen LogP contribution in [0.3, 0.4) is 0 Å². The molecule has 4 nitrogen and oxygen atoms in total. The fourth-order valence-corrected chi connectivity index (χ4v) is 1.05. The van der Waals surface area contributed by atoms with Gasteiger partial charge in [0, 0.05) is 19.8 Å². The van der Waals surface area contributed by atoms with E-state index >= 15 is 0 Å². The van der Waals surface area contributed by atoms with Crippen molar-refractivity contribution in [2.24, 2.45) is 7.05 Å². The quantitative estimate of drug-likeness (QED) is 0.558. The van der Waals surface area contributed by atoms with Gasteiger partial charge in [-0.15, -0.1) is 6.58 Å². The zero-order valence-corrected chi connectivity index (χ0v) is 7.87. The lowest BCUT2D eigenvalue weighted by Crippen LogP contribution is -2.03. The Kier molecular flexibility index (Phi) is 2.84. The van der Waals surface area contributed by atoms with Gasteiger partial charge < -0.3 is 5.32 Å². The van der Waals surface area contributed by atoms with Crippen LogP contribution in [0.4, 0.5) is 5.82 Å². The number of aryl methyl sites for hydroxylation is 1. The van der Waals surface area contributed by atoms with E-state index < -0.39 is 0 Å². The summed E-state index contributed by atoms with van der Waals surface area (Å²) in [5, 5.41) is 7.10. The summed E-state index contributed by atoms with van der Waals surface area (Å²) in [6, 6.07) is 0. The number of anilines is 1. The van der Waals surface area contributed by atoms with Gasteiger partial charge in [0.15, 0.2) is 11.6 Å². The number of Topliss-reactive ketones (excluding diaryl/α,β-unsaturated/α-hetero) is 1. The molecule has 1 heterocycles. The number of ketones is 1. The smallest absolute Gasteiger partial charge is 0.165 e. The van der Waals surface area contributed by atoms with Gasteiger partial charge in [-0.3, -0.25) is 9.48 Å². The van der Waals surface area contributed by atoms with Gasteiger partial charge in [0.2, 0.25) is 0 Å². The Hall–Kier alpha value is -1.58. The average molecular weight is 179 g/mol. The van der Waals surface area contributed by atoms with Crippen molar-refractivity contribution in [2.45, 2.75) is 6.92 Å². The Morgan fingerprint density at radius 1 is 1.85 bits per heavy atom. The summed E-state index contributed by atoms with van der Waals surface area (Å²) in [5.74, 6) is 0.634. The molecule has 0 radical (unpaired) electrons. The highest BCUT2D eigenvalue weighted by atomic mass is 16.1. The molecule has 0 aliphatic rings. The van der Waals surface area contributed by atoms with E-state index in [0.29, 0.717) is 17.9 Å². The first kappa shape index (κ1) is 9.51. The maximum atomic E-state index is 11.1. The number of rotatable bonds is 4. The molecule has 1 aromatic heterocycles. The third kappa shape index (κ3) is 2.18. The monoisotopic (exact) mass is 179 g/mol. The summed E-state index contributed by atoms with van der Waals surface area (Å²) < 4.78 is 1.61. The summed E-state index contributed by atoms with van der Waals surface area (Å²) in [6.45, 7) is 5.71. The molecule has 0 aliphatic carbocycles. The summed E-state index contributed by atoms with van der Waals surface area (Å²) in [6.07, 6.45) is 3.42. The molecule has 1 aromatic rings. The SMILES string of the molecule is C=CCNc1nn(C)cc1C(C)=O. The molecule has 0 fully saturated rings. The second-order valence-corrected chi connectivity index (χ2v) is 2.79. The Balaban J connectivity index is 2.90. The van der Waals surface area contributed by atoms with E-state index in [4.69, 9.17) is 0 Å². The van der Waals surface area contributed by atoms with Crippen molar-refractivity contribution in [1.82, 2.24) is 9.78 Å². The molecule has 1 rings (SSSR count). The molecule has 70 valence electrons. The van der Waals surface area contributed by atoms with Crippen LogP contribution in [-0.4, -0.2) is 22.1 Å². The van der Waals surface area contributed by atoms with E-state index in [-0.39, 0.29) is 5.78 Å². The summed E-state index contributed by atoms with van der Waals surface area (Å²) in [4.78, 5) is 11.1. The molecular formula is C9H13N3O. The van der Waals surface area contributed by atoms with Crippen molar-refractivity contribution >= 4 is 11.6 Å². The van der Waals surface area contributed by atoms with Gasteiger partial charge in [-0.2, -0.15) is 5.10 Å². The summed E-state index contributed by atoms with van der Waals surface area (Å²) in [7, 11) is 1.78. The van der Waals surface area contributed by atoms with Crippen molar-refractivity contribution in [3.05, 3.63) is 24.4 Å². The molecule has 0 bridgehead atoms. The van der Waals surface area contributed by atoms with Gasteiger partial charge in [-0.05, 0) is 6.92 Å². The molecule has 0 unspecified atom stereocenters. The molecule has 0 atom stereocenters. The number of carbonyl (C=O) groups excluding carboxylic acids is 1. The highest BCUT2D eigenvalue weighted by Gasteiger charge is 2.10. The van der Waals surface area contributed by atoms with Gasteiger partial charge in [-0.25, -0.2) is 0 Å². The van der Waals surface area contributed by atoms with Crippen LogP contribution in [-0.2, 0) is 7.05 Å². The van der Waals surface area contributed by atoms with Crippen LogP contribution in [0.5, 0.6) is 0 Å². The van der Waals surface area contributed by atoms with Crippen molar-refractivity contribution in [3.8, 4) is 0 Å². The first-order valence-corrected chi connectivity index (χ1v) is 4.04. The minimum Gasteiger partial charge on any atom is -0.365 e. The second kappa shape index (κ2) is 3.89. The molecular weight excluding hydrogens is 166 g/mol. The Morgan fingerprint density at radius 3 is 3.08 bits per heavy atom. The number of nitrogens with zero attached hydrogens (tertiary/aromatic N) is 2. The highest BCUT2D eigenvalue weighted by molar-refractivity contribution is 5.98. The van der Waals surface area contributed by atoms with Crippen LogP contribution in [0, 0.1) is 0 Å². The number of hydrogen-bond acceptors (Lipinski definition) is 3. The van der Waals surface area contributed by atoms with E-state index in [1.54, 1.807) is 24.0 Å². The van der Waals surface area contributed by atoms with Gasteiger partial charge in [0.25, 0.3) is 0 Å². The predicted octanol–water partition coefficient (Wildman–Crippen LogP) is 1.22. The minimum absolute atomic E-state index is 0.0136. The molecule has 0 spiro atoms. The van der Waals surface area contributed by atoms with E-state index in [0.717, 1.165) is 0 Å². The van der Waals surface area contributed by atoms with E-state index in [9.17, 15) is 4.79 Å². The minimum atomic E-state index is 0.0136. The Labute approximate surface area is 77.3 Å². The van der Waals surface area contributed by atoms with Gasteiger partial charge in [0.05, 0.1) is 5.56 Å². The zero-order chi connectivity index (χ0) is 9.84. The predicted molar refractivity (Wildman–Crippen MR) is 51.9 cm³/mol. The molecule has 4 heteroatoms. The van der Waals surface area contributed by atoms with Crippen LogP contribution >= 0.6 is 0 Å². The maximum Gasteiger partial charge on any atom is 0.165 e. The van der Waals surface area contributed by atoms with Crippen molar-refractivity contribution < 1.29 is 4.79 Å². The zero-order valence-electron chi connectivity index (χ0n) is 7.87. The van der Waals surface area contributed by atoms with Crippen molar-refractivity contribution in [2.75, 3.05) is 11.9 Å². The summed E-state index contributed by atoms with van der Waals surface area (Å²) >= 11 is 0. The number of hydrogen-bond donors (Lipinski definition) is 1. The van der Waals surface area contributed by atoms with Gasteiger partial charge in [0.1, 0.15) is 0 Å². The van der Waals surface area contributed by atoms with Crippen molar-refractivity contribution in [3.63, 3.8) is 0 Å². The lowest BCUT2D eigenvalue weighted by Gasteiger charge is -1.99. The lowest BCUT2D eigenvalue weighted by molar-refractivity contribution is 0.101. The van der Waals surface area contributed by atoms with Crippen molar-refractivity contribution in [1.29, 1.82) is 0 Å². The number of nitrogens with one attached hydrogen (secondary N) is 1. The first-order valence-electron chi connectivity index (χ1n) is 4.04. The molecule has 0 saturated heterocycles. The van der Waals surface area contributed by atoms with E-state index in [1.807, 2.05) is 0 Å². The van der Waals surface area contributed by atoms with Crippen LogP contribution in [0.25, 0.3) is 0 Å². The second-order valence-electron chi connectivity index (χ2n) is 2.79. The highest BCUT2D eigenvalue weighted by Crippen LogP contribution is 2.12.